The van der Waals surface area contributed by atoms with Crippen molar-refractivity contribution in [2.24, 2.45) is 0 Å². The lowest BCUT2D eigenvalue weighted by Crippen LogP contribution is -2.40. The Kier molecular flexibility index (Phi) is 3.77. The summed E-state index contributed by atoms with van der Waals surface area (Å²) in [6.45, 7) is 8.07. The van der Waals surface area contributed by atoms with E-state index in [1.165, 1.54) is 11.3 Å². The summed E-state index contributed by atoms with van der Waals surface area (Å²) in [6, 6.07) is 0. The van der Waals surface area contributed by atoms with Gasteiger partial charge in [0, 0.05) is 5.38 Å². The largest absolute Gasteiger partial charge is 0.359 e. The quantitative estimate of drug-likeness (QED) is 0.807. The van der Waals surface area contributed by atoms with E-state index >= 15 is 0 Å². The zero-order valence-electron chi connectivity index (χ0n) is 13.4. The smallest absolute Gasteiger partial charge is 0.164 e. The van der Waals surface area contributed by atoms with Crippen LogP contribution in [0.2, 0.25) is 5.15 Å². The minimum atomic E-state index is -0.661. The van der Waals surface area contributed by atoms with Gasteiger partial charge < -0.3 is 23.7 Å². The monoisotopic (exact) mass is 361 g/mol. The number of nitrogens with zero attached hydrogens (tertiary/aromatic N) is 1. The molecule has 4 heterocycles. The molecule has 3 fully saturated rings. The molecule has 0 radical (unpaired) electrons. The van der Waals surface area contributed by atoms with E-state index in [0.29, 0.717) is 11.8 Å². The van der Waals surface area contributed by atoms with Crippen molar-refractivity contribution < 1.29 is 23.7 Å². The number of ether oxygens (including phenoxy) is 5. The summed E-state index contributed by atoms with van der Waals surface area (Å²) in [4.78, 5) is 4.34. The van der Waals surface area contributed by atoms with Gasteiger partial charge in [-0.1, -0.05) is 11.6 Å². The summed E-state index contributed by atoms with van der Waals surface area (Å²) in [5, 5.41) is 3.06. The molecule has 0 unspecified atom stereocenters. The molecule has 0 amide bonds. The number of hydrogen-bond acceptors (Lipinski definition) is 7. The maximum Gasteiger partial charge on any atom is 0.164 e. The third-order valence-electron chi connectivity index (χ3n) is 4.22. The second-order valence-corrected chi connectivity index (χ2v) is 8.24. The summed E-state index contributed by atoms with van der Waals surface area (Å²) >= 11 is 7.43. The highest BCUT2D eigenvalue weighted by Crippen LogP contribution is 2.48. The topological polar surface area (TPSA) is 59.0 Å². The first-order valence-electron chi connectivity index (χ1n) is 7.68. The van der Waals surface area contributed by atoms with Gasteiger partial charge >= 0.3 is 0 Å². The molecule has 4 rings (SSSR count). The van der Waals surface area contributed by atoms with Gasteiger partial charge in [0.2, 0.25) is 0 Å². The van der Waals surface area contributed by atoms with Crippen LogP contribution >= 0.6 is 22.9 Å². The summed E-state index contributed by atoms with van der Waals surface area (Å²) in [7, 11) is 0. The number of thiazole rings is 1. The van der Waals surface area contributed by atoms with Gasteiger partial charge in [-0.25, -0.2) is 4.98 Å². The standard InChI is InChI=1S/C15H20ClNO5S/c1-14(2)18-5-7(20-14)9-10-11(22-15(3,4)21-10)12(19-9)13-17-8(16)6-23-13/h6-7,9-12H,5H2,1-4H3/t7-,9-,10+,11+,12+/m1/s1. The zero-order chi connectivity index (χ0) is 16.4. The Morgan fingerprint density at radius 3 is 2.43 bits per heavy atom. The fraction of sp³-hybridized carbons (Fsp3) is 0.800. The molecule has 3 saturated heterocycles. The predicted octanol–water partition coefficient (Wildman–Crippen LogP) is 2.91. The van der Waals surface area contributed by atoms with Gasteiger partial charge in [-0.15, -0.1) is 11.3 Å². The Labute approximate surface area is 144 Å². The molecule has 8 heteroatoms. The molecule has 3 aliphatic rings. The Bertz CT molecular complexity index is 606. The normalized spacial score (nSPS) is 41.3. The van der Waals surface area contributed by atoms with Crippen LogP contribution in [-0.2, 0) is 23.7 Å². The Morgan fingerprint density at radius 1 is 1.09 bits per heavy atom. The molecule has 1 aromatic rings. The van der Waals surface area contributed by atoms with E-state index in [9.17, 15) is 0 Å². The highest BCUT2D eigenvalue weighted by atomic mass is 35.5. The van der Waals surface area contributed by atoms with E-state index < -0.39 is 11.6 Å². The molecule has 0 saturated carbocycles. The number of aromatic nitrogens is 1. The molecule has 0 bridgehead atoms. The van der Waals surface area contributed by atoms with E-state index in [1.807, 2.05) is 27.7 Å². The van der Waals surface area contributed by atoms with Gasteiger partial charge in [-0.2, -0.15) is 0 Å². The van der Waals surface area contributed by atoms with Crippen LogP contribution < -0.4 is 0 Å². The molecule has 6 nitrogen and oxygen atoms in total. The number of fused-ring (bicyclic) bond motifs is 1. The van der Waals surface area contributed by atoms with Crippen molar-refractivity contribution in [1.82, 2.24) is 4.98 Å². The second kappa shape index (κ2) is 5.36. The van der Waals surface area contributed by atoms with Crippen molar-refractivity contribution in [2.45, 2.75) is 69.8 Å². The predicted molar refractivity (Wildman–Crippen MR) is 83.5 cm³/mol. The average molecular weight is 362 g/mol. The van der Waals surface area contributed by atoms with Crippen LogP contribution in [0.5, 0.6) is 0 Å². The maximum absolute atomic E-state index is 6.23. The molecule has 0 spiro atoms. The van der Waals surface area contributed by atoms with Crippen LogP contribution in [0.1, 0.15) is 38.8 Å². The molecular weight excluding hydrogens is 342 g/mol. The second-order valence-electron chi connectivity index (χ2n) is 6.96. The first-order chi connectivity index (χ1) is 10.7. The summed E-state index contributed by atoms with van der Waals surface area (Å²) in [6.07, 6.45) is -1.23. The lowest BCUT2D eigenvalue weighted by Gasteiger charge is -2.26. The minimum absolute atomic E-state index is 0.199. The van der Waals surface area contributed by atoms with Crippen LogP contribution in [0, 0.1) is 0 Å². The van der Waals surface area contributed by atoms with Gasteiger partial charge in [-0.3, -0.25) is 0 Å². The molecule has 0 aliphatic carbocycles. The fourth-order valence-corrected chi connectivity index (χ4v) is 4.42. The first kappa shape index (κ1) is 16.2. The molecular formula is C15H20ClNO5S. The van der Waals surface area contributed by atoms with E-state index in [-0.39, 0.29) is 30.5 Å². The lowest BCUT2D eigenvalue weighted by atomic mass is 10.0. The number of rotatable bonds is 2. The molecule has 3 aliphatic heterocycles. The van der Waals surface area contributed by atoms with E-state index in [0.717, 1.165) is 5.01 Å². The molecule has 0 N–H and O–H groups in total. The van der Waals surface area contributed by atoms with Crippen molar-refractivity contribution in [3.8, 4) is 0 Å². The summed E-state index contributed by atoms with van der Waals surface area (Å²) in [5.74, 6) is -1.27. The average Bonchev–Trinajstić information content (AvgIpc) is 3.13. The Hall–Kier alpha value is -0.280. The van der Waals surface area contributed by atoms with Crippen LogP contribution in [0.4, 0.5) is 0 Å². The van der Waals surface area contributed by atoms with E-state index in [1.54, 1.807) is 5.38 Å². The fourth-order valence-electron chi connectivity index (χ4n) is 3.40. The first-order valence-corrected chi connectivity index (χ1v) is 8.94. The third-order valence-corrected chi connectivity index (χ3v) is 5.45. The van der Waals surface area contributed by atoms with Crippen LogP contribution in [0.3, 0.4) is 0 Å². The van der Waals surface area contributed by atoms with Gasteiger partial charge in [0.05, 0.1) is 6.61 Å². The molecule has 0 aromatic carbocycles. The van der Waals surface area contributed by atoms with Crippen LogP contribution in [0.15, 0.2) is 5.38 Å². The number of halogens is 1. The van der Waals surface area contributed by atoms with Crippen molar-refractivity contribution in [3.05, 3.63) is 15.5 Å². The Balaban J connectivity index is 1.61. The third kappa shape index (κ3) is 2.93. The number of hydrogen-bond donors (Lipinski definition) is 0. The maximum atomic E-state index is 6.23. The highest BCUT2D eigenvalue weighted by Gasteiger charge is 2.59. The van der Waals surface area contributed by atoms with Gasteiger partial charge in [0.15, 0.2) is 11.6 Å². The van der Waals surface area contributed by atoms with Crippen molar-refractivity contribution in [2.75, 3.05) is 6.61 Å². The van der Waals surface area contributed by atoms with Crippen LogP contribution in [0.25, 0.3) is 0 Å². The zero-order valence-corrected chi connectivity index (χ0v) is 15.0. The lowest BCUT2D eigenvalue weighted by molar-refractivity contribution is -0.207. The highest BCUT2D eigenvalue weighted by molar-refractivity contribution is 7.10. The molecule has 5 atom stereocenters. The Morgan fingerprint density at radius 2 is 1.83 bits per heavy atom. The summed E-state index contributed by atoms with van der Waals surface area (Å²) < 4.78 is 30.0. The SMILES string of the molecule is CC1(C)O[C@@H]2[C@H](O1)[C@@H](c1nc(Cl)cs1)O[C@@H]2[C@H]1COC(C)(C)O1. The molecule has 128 valence electrons. The minimum Gasteiger partial charge on any atom is -0.359 e. The van der Waals surface area contributed by atoms with Crippen molar-refractivity contribution in [1.29, 1.82) is 0 Å². The summed E-state index contributed by atoms with van der Waals surface area (Å²) in [5.41, 5.74) is 0. The van der Waals surface area contributed by atoms with Crippen molar-refractivity contribution in [3.63, 3.8) is 0 Å². The van der Waals surface area contributed by atoms with Gasteiger partial charge in [0.1, 0.15) is 40.7 Å². The van der Waals surface area contributed by atoms with E-state index in [4.69, 9.17) is 35.3 Å². The van der Waals surface area contributed by atoms with E-state index in [2.05, 4.69) is 4.98 Å². The van der Waals surface area contributed by atoms with Gasteiger partial charge in [-0.05, 0) is 27.7 Å². The van der Waals surface area contributed by atoms with Crippen LogP contribution in [-0.4, -0.2) is 47.6 Å². The van der Waals surface area contributed by atoms with Gasteiger partial charge in [0.25, 0.3) is 0 Å². The van der Waals surface area contributed by atoms with Crippen molar-refractivity contribution >= 4 is 22.9 Å². The molecule has 23 heavy (non-hydrogen) atoms. The molecule has 1 aromatic heterocycles.